The first-order valence-electron chi connectivity index (χ1n) is 8.30. The molecule has 7 heteroatoms. The maximum atomic E-state index is 10.2. The van der Waals surface area contributed by atoms with Crippen molar-refractivity contribution in [1.29, 1.82) is 0 Å². The summed E-state index contributed by atoms with van der Waals surface area (Å²) in [4.78, 5) is 9.07. The van der Waals surface area contributed by atoms with Crippen LogP contribution in [0.2, 0.25) is 5.02 Å². The Morgan fingerprint density at radius 1 is 1.11 bits per heavy atom. The molecule has 4 aromatic rings. The lowest BCUT2D eigenvalue weighted by Gasteiger charge is -2.05. The van der Waals surface area contributed by atoms with Crippen molar-refractivity contribution >= 4 is 66.5 Å². The van der Waals surface area contributed by atoms with Gasteiger partial charge in [0.2, 0.25) is 5.89 Å². The summed E-state index contributed by atoms with van der Waals surface area (Å²) in [5.41, 5.74) is 4.54. The Morgan fingerprint density at radius 3 is 2.75 bits per heavy atom. The number of hydrogen-bond donors (Lipinski definition) is 1. The van der Waals surface area contributed by atoms with Gasteiger partial charge in [-0.25, -0.2) is 4.98 Å². The van der Waals surface area contributed by atoms with Crippen molar-refractivity contribution in [3.05, 3.63) is 73.6 Å². The number of aliphatic imine (C=N–C) groups is 1. The van der Waals surface area contributed by atoms with Crippen LogP contribution >= 0.6 is 43.5 Å². The SMILES string of the molecule is Cc1ccc(-c2nc3cc(Cl)ccc3o2)cc1N=Cc1cc(Br)cc(Br)c1O. The highest BCUT2D eigenvalue weighted by atomic mass is 79.9. The molecule has 140 valence electrons. The van der Waals surface area contributed by atoms with Crippen LogP contribution in [0.15, 0.2) is 66.9 Å². The second kappa shape index (κ2) is 7.70. The zero-order chi connectivity index (χ0) is 19.8. The molecule has 0 saturated heterocycles. The summed E-state index contributed by atoms with van der Waals surface area (Å²) in [6, 6.07) is 14.7. The van der Waals surface area contributed by atoms with Crippen LogP contribution in [0.25, 0.3) is 22.6 Å². The van der Waals surface area contributed by atoms with Gasteiger partial charge in [-0.1, -0.05) is 33.6 Å². The normalized spacial score (nSPS) is 11.6. The third kappa shape index (κ3) is 3.85. The molecule has 0 saturated carbocycles. The minimum Gasteiger partial charge on any atom is -0.506 e. The number of nitrogens with zero attached hydrogens (tertiary/aromatic N) is 2. The predicted octanol–water partition coefficient (Wildman–Crippen LogP) is 7.44. The van der Waals surface area contributed by atoms with Crippen molar-refractivity contribution in [2.45, 2.75) is 6.92 Å². The third-order valence-electron chi connectivity index (χ3n) is 4.21. The Bertz CT molecular complexity index is 1230. The van der Waals surface area contributed by atoms with Crippen molar-refractivity contribution in [3.8, 4) is 17.2 Å². The molecule has 0 radical (unpaired) electrons. The number of benzene rings is 3. The minimum absolute atomic E-state index is 0.136. The van der Waals surface area contributed by atoms with E-state index >= 15 is 0 Å². The van der Waals surface area contributed by atoms with Gasteiger partial charge in [-0.3, -0.25) is 4.99 Å². The Kier molecular flexibility index (Phi) is 5.27. The van der Waals surface area contributed by atoms with Crippen molar-refractivity contribution < 1.29 is 9.52 Å². The van der Waals surface area contributed by atoms with Gasteiger partial charge in [0, 0.05) is 26.8 Å². The van der Waals surface area contributed by atoms with Gasteiger partial charge in [0.05, 0.1) is 10.2 Å². The van der Waals surface area contributed by atoms with E-state index in [-0.39, 0.29) is 5.75 Å². The summed E-state index contributed by atoms with van der Waals surface area (Å²) >= 11 is 12.8. The van der Waals surface area contributed by atoms with Crippen LogP contribution in [0.1, 0.15) is 11.1 Å². The highest BCUT2D eigenvalue weighted by Crippen LogP contribution is 2.33. The first kappa shape index (κ1) is 19.2. The maximum absolute atomic E-state index is 10.2. The van der Waals surface area contributed by atoms with Crippen LogP contribution in [-0.4, -0.2) is 16.3 Å². The zero-order valence-corrected chi connectivity index (χ0v) is 18.5. The number of fused-ring (bicyclic) bond motifs is 1. The number of phenols is 1. The van der Waals surface area contributed by atoms with Gasteiger partial charge < -0.3 is 9.52 Å². The molecule has 0 spiro atoms. The lowest BCUT2D eigenvalue weighted by atomic mass is 10.1. The van der Waals surface area contributed by atoms with Crippen LogP contribution in [-0.2, 0) is 0 Å². The number of phenolic OH excluding ortho intramolecular Hbond substituents is 1. The molecule has 0 unspecified atom stereocenters. The summed E-state index contributed by atoms with van der Waals surface area (Å²) in [7, 11) is 0. The number of aryl methyl sites for hydroxylation is 1. The molecule has 4 rings (SSSR count). The second-order valence-electron chi connectivity index (χ2n) is 6.22. The van der Waals surface area contributed by atoms with E-state index in [2.05, 4.69) is 41.8 Å². The maximum Gasteiger partial charge on any atom is 0.227 e. The lowest BCUT2D eigenvalue weighted by molar-refractivity contribution is 0.471. The van der Waals surface area contributed by atoms with Crippen LogP contribution in [0.4, 0.5) is 5.69 Å². The van der Waals surface area contributed by atoms with E-state index in [0.717, 1.165) is 21.3 Å². The largest absolute Gasteiger partial charge is 0.506 e. The Morgan fingerprint density at radius 2 is 1.93 bits per heavy atom. The number of hydrogen-bond acceptors (Lipinski definition) is 4. The first-order valence-corrected chi connectivity index (χ1v) is 10.3. The third-order valence-corrected chi connectivity index (χ3v) is 5.50. The number of aromatic hydroxyl groups is 1. The molecular weight excluding hydrogens is 508 g/mol. The molecule has 3 aromatic carbocycles. The average Bonchev–Trinajstić information content (AvgIpc) is 3.07. The molecule has 0 aliphatic rings. The van der Waals surface area contributed by atoms with Crippen molar-refractivity contribution in [2.24, 2.45) is 4.99 Å². The summed E-state index contributed by atoms with van der Waals surface area (Å²) in [5, 5.41) is 10.8. The lowest BCUT2D eigenvalue weighted by Crippen LogP contribution is -1.86. The molecule has 0 amide bonds. The Labute approximate surface area is 183 Å². The molecule has 0 fully saturated rings. The van der Waals surface area contributed by atoms with Crippen LogP contribution < -0.4 is 0 Å². The van der Waals surface area contributed by atoms with Gasteiger partial charge in [0.1, 0.15) is 11.3 Å². The summed E-state index contributed by atoms with van der Waals surface area (Å²) in [6.45, 7) is 1.97. The van der Waals surface area contributed by atoms with Gasteiger partial charge >= 0.3 is 0 Å². The molecule has 1 aromatic heterocycles. The first-order chi connectivity index (χ1) is 13.4. The summed E-state index contributed by atoms with van der Waals surface area (Å²) < 4.78 is 7.28. The van der Waals surface area contributed by atoms with Gasteiger partial charge in [-0.15, -0.1) is 0 Å². The van der Waals surface area contributed by atoms with Crippen molar-refractivity contribution in [2.75, 3.05) is 0 Å². The molecule has 1 heterocycles. The van der Waals surface area contributed by atoms with Crippen LogP contribution in [0.5, 0.6) is 5.75 Å². The number of oxazole rings is 1. The number of halogens is 3. The van der Waals surface area contributed by atoms with Crippen LogP contribution in [0, 0.1) is 6.92 Å². The van der Waals surface area contributed by atoms with Gasteiger partial charge in [-0.2, -0.15) is 0 Å². The smallest absolute Gasteiger partial charge is 0.227 e. The minimum atomic E-state index is 0.136. The summed E-state index contributed by atoms with van der Waals surface area (Å²) in [5.74, 6) is 0.637. The Hall–Kier alpha value is -2.15. The topological polar surface area (TPSA) is 58.6 Å². The molecule has 0 aliphatic carbocycles. The van der Waals surface area contributed by atoms with E-state index in [1.807, 2.05) is 25.1 Å². The fraction of sp³-hybridized carbons (Fsp3) is 0.0476. The highest BCUT2D eigenvalue weighted by Gasteiger charge is 2.11. The molecule has 1 N–H and O–H groups in total. The van der Waals surface area contributed by atoms with Gasteiger partial charge in [0.25, 0.3) is 0 Å². The summed E-state index contributed by atoms with van der Waals surface area (Å²) in [6.07, 6.45) is 1.63. The van der Waals surface area contributed by atoms with E-state index in [0.29, 0.717) is 32.0 Å². The molecule has 0 aliphatic heterocycles. The van der Waals surface area contributed by atoms with E-state index < -0.39 is 0 Å². The number of aromatic nitrogens is 1. The second-order valence-corrected chi connectivity index (χ2v) is 8.42. The van der Waals surface area contributed by atoms with E-state index in [1.54, 1.807) is 36.5 Å². The van der Waals surface area contributed by atoms with E-state index in [1.165, 1.54) is 0 Å². The predicted molar refractivity (Wildman–Crippen MR) is 120 cm³/mol. The quantitative estimate of drug-likeness (QED) is 0.286. The van der Waals surface area contributed by atoms with Gasteiger partial charge in [0.15, 0.2) is 5.58 Å². The molecule has 28 heavy (non-hydrogen) atoms. The van der Waals surface area contributed by atoms with E-state index in [9.17, 15) is 5.11 Å². The van der Waals surface area contributed by atoms with E-state index in [4.69, 9.17) is 16.0 Å². The molecular formula is C21H13Br2ClN2O2. The fourth-order valence-electron chi connectivity index (χ4n) is 2.73. The molecule has 0 atom stereocenters. The van der Waals surface area contributed by atoms with Crippen molar-refractivity contribution in [1.82, 2.24) is 4.98 Å². The highest BCUT2D eigenvalue weighted by molar-refractivity contribution is 9.11. The van der Waals surface area contributed by atoms with Crippen LogP contribution in [0.3, 0.4) is 0 Å². The average molecular weight is 521 g/mol. The fourth-order valence-corrected chi connectivity index (χ4v) is 4.15. The molecule has 4 nitrogen and oxygen atoms in total. The zero-order valence-electron chi connectivity index (χ0n) is 14.6. The van der Waals surface area contributed by atoms with Gasteiger partial charge in [-0.05, 0) is 70.9 Å². The number of rotatable bonds is 3. The Balaban J connectivity index is 1.73. The standard InChI is InChI=1S/C21H13Br2ClN2O2/c1-11-2-3-12(21-26-18-9-15(24)4-5-19(18)28-21)7-17(11)25-10-13-6-14(22)8-16(23)20(13)27/h2-10,27H,1H3. The monoisotopic (exact) mass is 518 g/mol. The van der Waals surface area contributed by atoms with Crippen molar-refractivity contribution in [3.63, 3.8) is 0 Å². The molecule has 0 bridgehead atoms.